The Morgan fingerprint density at radius 2 is 1.57 bits per heavy atom. The van der Waals surface area contributed by atoms with Crippen molar-refractivity contribution in [1.82, 2.24) is 0 Å². The minimum atomic E-state index is -4.58. The van der Waals surface area contributed by atoms with Gasteiger partial charge in [0.2, 0.25) is 0 Å². The molecule has 2 rings (SSSR count). The molecule has 2 bridgehead atoms. The molecule has 2 fully saturated rings. The van der Waals surface area contributed by atoms with Crippen LogP contribution in [-0.2, 0) is 9.53 Å². The molecule has 2 aliphatic rings. The van der Waals surface area contributed by atoms with Gasteiger partial charge < -0.3 is 4.74 Å². The van der Waals surface area contributed by atoms with Gasteiger partial charge in [-0.15, -0.1) is 0 Å². The molecule has 122 valence electrons. The van der Waals surface area contributed by atoms with E-state index in [4.69, 9.17) is 4.74 Å². The fraction of sp³-hybridized carbons (Fsp3) is 0.938. The third-order valence-electron chi connectivity index (χ3n) is 6.88. The lowest BCUT2D eigenvalue weighted by atomic mass is 9.69. The Labute approximate surface area is 124 Å². The number of carbonyl (C=O) groups is 1. The van der Waals surface area contributed by atoms with Gasteiger partial charge in [0.25, 0.3) is 0 Å². The number of fused-ring (bicyclic) bond motifs is 2. The maximum Gasteiger partial charge on any atom is 0.404 e. The zero-order valence-electron chi connectivity index (χ0n) is 13.5. The van der Waals surface area contributed by atoms with Gasteiger partial charge in [-0.1, -0.05) is 27.7 Å². The third-order valence-corrected chi connectivity index (χ3v) is 6.88. The van der Waals surface area contributed by atoms with Gasteiger partial charge in [0, 0.05) is 5.41 Å². The topological polar surface area (TPSA) is 26.3 Å². The zero-order valence-corrected chi connectivity index (χ0v) is 13.5. The highest BCUT2D eigenvalue weighted by Crippen LogP contribution is 2.69. The van der Waals surface area contributed by atoms with E-state index in [1.165, 1.54) is 6.92 Å². The van der Waals surface area contributed by atoms with Gasteiger partial charge >= 0.3 is 12.1 Å². The van der Waals surface area contributed by atoms with Gasteiger partial charge in [-0.25, -0.2) is 0 Å². The summed E-state index contributed by atoms with van der Waals surface area (Å²) in [6.07, 6.45) is -1.74. The molecule has 0 radical (unpaired) electrons. The average molecular weight is 306 g/mol. The fourth-order valence-corrected chi connectivity index (χ4v) is 3.99. The van der Waals surface area contributed by atoms with Gasteiger partial charge in [-0.3, -0.25) is 4.79 Å². The molecule has 0 heterocycles. The summed E-state index contributed by atoms with van der Waals surface area (Å²) in [6, 6.07) is 0. The van der Waals surface area contributed by atoms with Crippen molar-refractivity contribution in [3.8, 4) is 0 Å². The highest BCUT2D eigenvalue weighted by atomic mass is 19.4. The molecule has 0 amide bonds. The highest BCUT2D eigenvalue weighted by Gasteiger charge is 2.69. The number of rotatable bonds is 3. The normalized spacial score (nSPS) is 37.3. The summed E-state index contributed by atoms with van der Waals surface area (Å²) in [5, 5.41) is 0. The number of hydrogen-bond acceptors (Lipinski definition) is 2. The van der Waals surface area contributed by atoms with Crippen LogP contribution in [0.5, 0.6) is 0 Å². The van der Waals surface area contributed by atoms with Crippen LogP contribution in [0.15, 0.2) is 0 Å². The Bertz CT molecular complexity index is 445. The van der Waals surface area contributed by atoms with Crippen LogP contribution in [0.4, 0.5) is 13.2 Å². The summed E-state index contributed by atoms with van der Waals surface area (Å²) < 4.78 is 45.3. The summed E-state index contributed by atoms with van der Waals surface area (Å²) in [4.78, 5) is 12.3. The summed E-state index contributed by atoms with van der Waals surface area (Å²) in [5.74, 6) is -1.11. The van der Waals surface area contributed by atoms with E-state index in [-0.39, 0.29) is 17.3 Å². The average Bonchev–Trinajstić information content (AvgIpc) is 2.67. The molecule has 2 saturated carbocycles. The van der Waals surface area contributed by atoms with Crippen molar-refractivity contribution in [3.05, 3.63) is 0 Å². The summed E-state index contributed by atoms with van der Waals surface area (Å²) in [5.41, 5.74) is -3.38. The van der Waals surface area contributed by atoms with Crippen LogP contribution in [0, 0.1) is 16.2 Å². The van der Waals surface area contributed by atoms with Crippen molar-refractivity contribution in [2.24, 2.45) is 16.2 Å². The van der Waals surface area contributed by atoms with Crippen molar-refractivity contribution in [3.63, 3.8) is 0 Å². The van der Waals surface area contributed by atoms with E-state index >= 15 is 0 Å². The molecular formula is C16H25F3O2. The van der Waals surface area contributed by atoms with Crippen LogP contribution in [0.1, 0.15) is 66.7 Å². The summed E-state index contributed by atoms with van der Waals surface area (Å²) >= 11 is 0. The number of halogens is 3. The standard InChI is InChI=1S/C16H25F3O2/c1-6-14(5,16(17,18)19)11(20)21-15-9-7-13(4,8-10-15)12(15,2)3/h6-10H2,1-5H3. The van der Waals surface area contributed by atoms with Gasteiger partial charge in [0.15, 0.2) is 5.41 Å². The van der Waals surface area contributed by atoms with Crippen molar-refractivity contribution in [2.75, 3.05) is 0 Å². The molecule has 0 aliphatic heterocycles. The van der Waals surface area contributed by atoms with Crippen LogP contribution in [-0.4, -0.2) is 17.7 Å². The van der Waals surface area contributed by atoms with E-state index < -0.39 is 23.2 Å². The predicted molar refractivity (Wildman–Crippen MR) is 73.6 cm³/mol. The fourth-order valence-electron chi connectivity index (χ4n) is 3.99. The number of alkyl halides is 3. The number of carbonyl (C=O) groups excluding carboxylic acids is 1. The first-order chi connectivity index (χ1) is 9.35. The maximum atomic E-state index is 13.2. The zero-order chi connectivity index (χ0) is 16.3. The quantitative estimate of drug-likeness (QED) is 0.696. The van der Waals surface area contributed by atoms with Gasteiger partial charge in [0.05, 0.1) is 0 Å². The van der Waals surface area contributed by atoms with E-state index in [0.29, 0.717) is 12.8 Å². The van der Waals surface area contributed by atoms with Gasteiger partial charge in [-0.05, 0) is 44.4 Å². The molecule has 0 saturated heterocycles. The number of hydrogen-bond donors (Lipinski definition) is 0. The monoisotopic (exact) mass is 306 g/mol. The minimum absolute atomic E-state index is 0.0497. The summed E-state index contributed by atoms with van der Waals surface area (Å²) in [7, 11) is 0. The first-order valence-electron chi connectivity index (χ1n) is 7.65. The molecule has 0 spiro atoms. The van der Waals surface area contributed by atoms with E-state index in [1.807, 2.05) is 13.8 Å². The molecule has 0 aromatic rings. The largest absolute Gasteiger partial charge is 0.458 e. The summed E-state index contributed by atoms with van der Waals surface area (Å²) in [6.45, 7) is 8.53. The number of ether oxygens (including phenoxy) is 1. The van der Waals surface area contributed by atoms with Crippen LogP contribution in [0.2, 0.25) is 0 Å². The second-order valence-electron chi connectivity index (χ2n) is 7.75. The maximum absolute atomic E-state index is 13.2. The van der Waals surface area contributed by atoms with Gasteiger partial charge in [-0.2, -0.15) is 13.2 Å². The Morgan fingerprint density at radius 1 is 1.10 bits per heavy atom. The van der Waals surface area contributed by atoms with E-state index in [0.717, 1.165) is 19.8 Å². The molecule has 5 heteroatoms. The molecule has 0 aromatic carbocycles. The van der Waals surface area contributed by atoms with Crippen LogP contribution in [0.3, 0.4) is 0 Å². The van der Waals surface area contributed by atoms with Crippen LogP contribution in [0.25, 0.3) is 0 Å². The Morgan fingerprint density at radius 3 is 1.86 bits per heavy atom. The predicted octanol–water partition coefficient (Wildman–Crippen LogP) is 4.87. The SMILES string of the molecule is CCC(C)(C(=O)OC12CCC(C)(CC1)C2(C)C)C(F)(F)F. The Hall–Kier alpha value is -0.740. The highest BCUT2D eigenvalue weighted by molar-refractivity contribution is 5.78. The van der Waals surface area contributed by atoms with Crippen molar-refractivity contribution in [2.45, 2.75) is 78.5 Å². The molecule has 2 nitrogen and oxygen atoms in total. The van der Waals surface area contributed by atoms with E-state index in [2.05, 4.69) is 6.92 Å². The van der Waals surface area contributed by atoms with Gasteiger partial charge in [0.1, 0.15) is 5.60 Å². The third kappa shape index (κ3) is 1.95. The second-order valence-corrected chi connectivity index (χ2v) is 7.75. The van der Waals surface area contributed by atoms with Crippen molar-refractivity contribution in [1.29, 1.82) is 0 Å². The Balaban J connectivity index is 2.29. The van der Waals surface area contributed by atoms with Crippen LogP contribution >= 0.6 is 0 Å². The van der Waals surface area contributed by atoms with Crippen molar-refractivity contribution >= 4 is 5.97 Å². The molecule has 0 N–H and O–H groups in total. The lowest BCUT2D eigenvalue weighted by Crippen LogP contribution is -2.50. The lowest BCUT2D eigenvalue weighted by Gasteiger charge is -2.42. The van der Waals surface area contributed by atoms with Crippen LogP contribution < -0.4 is 0 Å². The second kappa shape index (κ2) is 4.39. The lowest BCUT2D eigenvalue weighted by molar-refractivity contribution is -0.242. The first-order valence-corrected chi connectivity index (χ1v) is 7.65. The van der Waals surface area contributed by atoms with Crippen molar-refractivity contribution < 1.29 is 22.7 Å². The number of esters is 1. The molecule has 0 aromatic heterocycles. The molecule has 1 atom stereocenters. The van der Waals surface area contributed by atoms with E-state index in [9.17, 15) is 18.0 Å². The molecule has 1 unspecified atom stereocenters. The molecule has 2 aliphatic carbocycles. The molecular weight excluding hydrogens is 281 g/mol. The molecule has 21 heavy (non-hydrogen) atoms. The minimum Gasteiger partial charge on any atom is -0.458 e. The smallest absolute Gasteiger partial charge is 0.404 e. The Kier molecular flexibility index (Phi) is 3.47. The first kappa shape index (κ1) is 16.6. The van der Waals surface area contributed by atoms with E-state index in [1.54, 1.807) is 0 Å².